The first-order valence-electron chi connectivity index (χ1n) is 8.02. The van der Waals surface area contributed by atoms with Crippen LogP contribution in [0.2, 0.25) is 0 Å². The van der Waals surface area contributed by atoms with Crippen molar-refractivity contribution < 1.29 is 9.32 Å². The molecule has 1 atom stereocenters. The van der Waals surface area contributed by atoms with Crippen molar-refractivity contribution in [1.29, 1.82) is 0 Å². The average molecular weight is 314 g/mol. The third kappa shape index (κ3) is 3.36. The largest absolute Gasteiger partial charge is 0.337 e. The van der Waals surface area contributed by atoms with E-state index in [4.69, 9.17) is 4.52 Å². The van der Waals surface area contributed by atoms with E-state index in [0.717, 1.165) is 24.0 Å². The van der Waals surface area contributed by atoms with Gasteiger partial charge in [-0.15, -0.1) is 0 Å². The van der Waals surface area contributed by atoms with Crippen LogP contribution in [-0.2, 0) is 0 Å². The van der Waals surface area contributed by atoms with E-state index in [1.165, 1.54) is 0 Å². The van der Waals surface area contributed by atoms with E-state index in [2.05, 4.69) is 15.5 Å². The Morgan fingerprint density at radius 1 is 1.43 bits per heavy atom. The van der Waals surface area contributed by atoms with Gasteiger partial charge in [0.25, 0.3) is 0 Å². The zero-order chi connectivity index (χ0) is 16.4. The van der Waals surface area contributed by atoms with Gasteiger partial charge in [0.1, 0.15) is 6.04 Å². The van der Waals surface area contributed by atoms with Gasteiger partial charge in [0.2, 0.25) is 11.7 Å². The minimum Gasteiger partial charge on any atom is -0.337 e. The predicted molar refractivity (Wildman–Crippen MR) is 86.8 cm³/mol. The number of amides is 2. The Labute approximate surface area is 135 Å². The highest BCUT2D eigenvalue weighted by atomic mass is 16.5. The SMILES string of the molecule is Cc1cccc(-c2noc([C@H]3CCCN3C(=O)NC(C)C)n2)c1. The molecule has 1 N–H and O–H groups in total. The maximum atomic E-state index is 12.3. The van der Waals surface area contributed by atoms with Crippen molar-refractivity contribution in [3.8, 4) is 11.4 Å². The van der Waals surface area contributed by atoms with Gasteiger partial charge in [-0.1, -0.05) is 28.9 Å². The van der Waals surface area contributed by atoms with Crippen LogP contribution < -0.4 is 5.32 Å². The van der Waals surface area contributed by atoms with Gasteiger partial charge >= 0.3 is 6.03 Å². The normalized spacial score (nSPS) is 17.7. The van der Waals surface area contributed by atoms with Crippen LogP contribution in [0.3, 0.4) is 0 Å². The molecule has 6 nitrogen and oxygen atoms in total. The summed E-state index contributed by atoms with van der Waals surface area (Å²) in [5, 5.41) is 7.01. The zero-order valence-corrected chi connectivity index (χ0v) is 13.7. The van der Waals surface area contributed by atoms with Gasteiger partial charge in [-0.2, -0.15) is 4.98 Å². The summed E-state index contributed by atoms with van der Waals surface area (Å²) in [5.41, 5.74) is 2.07. The number of hydrogen-bond acceptors (Lipinski definition) is 4. The summed E-state index contributed by atoms with van der Waals surface area (Å²) in [6.45, 7) is 6.64. The van der Waals surface area contributed by atoms with Crippen LogP contribution in [0.25, 0.3) is 11.4 Å². The van der Waals surface area contributed by atoms with Gasteiger partial charge in [0.15, 0.2) is 0 Å². The molecule has 1 fully saturated rings. The van der Waals surface area contributed by atoms with E-state index < -0.39 is 0 Å². The van der Waals surface area contributed by atoms with Gasteiger partial charge in [0, 0.05) is 18.2 Å². The van der Waals surface area contributed by atoms with Crippen molar-refractivity contribution in [2.45, 2.75) is 45.7 Å². The lowest BCUT2D eigenvalue weighted by atomic mass is 10.1. The summed E-state index contributed by atoms with van der Waals surface area (Å²) >= 11 is 0. The smallest absolute Gasteiger partial charge is 0.318 e. The molecule has 1 aliphatic heterocycles. The van der Waals surface area contributed by atoms with Crippen molar-refractivity contribution in [2.24, 2.45) is 0 Å². The van der Waals surface area contributed by atoms with Crippen molar-refractivity contribution in [2.75, 3.05) is 6.54 Å². The second-order valence-electron chi connectivity index (χ2n) is 6.28. The summed E-state index contributed by atoms with van der Waals surface area (Å²) in [6.07, 6.45) is 1.79. The lowest BCUT2D eigenvalue weighted by molar-refractivity contribution is 0.178. The number of hydrogen-bond donors (Lipinski definition) is 1. The Bertz CT molecular complexity index is 695. The number of nitrogens with one attached hydrogen (secondary N) is 1. The van der Waals surface area contributed by atoms with Gasteiger partial charge < -0.3 is 14.7 Å². The maximum absolute atomic E-state index is 12.3. The number of rotatable bonds is 3. The minimum absolute atomic E-state index is 0.0715. The van der Waals surface area contributed by atoms with Gasteiger partial charge in [-0.3, -0.25) is 0 Å². The molecule has 1 aromatic heterocycles. The third-order valence-electron chi connectivity index (χ3n) is 3.93. The van der Waals surface area contributed by atoms with Crippen molar-refractivity contribution in [3.05, 3.63) is 35.7 Å². The lowest BCUT2D eigenvalue weighted by Crippen LogP contribution is -2.42. The number of carbonyl (C=O) groups is 1. The van der Waals surface area contributed by atoms with Gasteiger partial charge in [-0.25, -0.2) is 4.79 Å². The molecule has 0 radical (unpaired) electrons. The van der Waals surface area contributed by atoms with Crippen molar-refractivity contribution in [1.82, 2.24) is 20.4 Å². The molecule has 6 heteroatoms. The number of urea groups is 1. The zero-order valence-electron chi connectivity index (χ0n) is 13.7. The fourth-order valence-electron chi connectivity index (χ4n) is 2.87. The highest BCUT2D eigenvalue weighted by Crippen LogP contribution is 2.32. The number of likely N-dealkylation sites (tertiary alicyclic amines) is 1. The lowest BCUT2D eigenvalue weighted by Gasteiger charge is -2.23. The molecule has 1 aromatic carbocycles. The molecule has 0 bridgehead atoms. The van der Waals surface area contributed by atoms with E-state index in [-0.39, 0.29) is 18.1 Å². The van der Waals surface area contributed by atoms with Crippen molar-refractivity contribution in [3.63, 3.8) is 0 Å². The van der Waals surface area contributed by atoms with E-state index in [9.17, 15) is 4.79 Å². The van der Waals surface area contributed by atoms with Crippen LogP contribution >= 0.6 is 0 Å². The van der Waals surface area contributed by atoms with E-state index in [0.29, 0.717) is 18.3 Å². The number of aryl methyl sites for hydroxylation is 1. The van der Waals surface area contributed by atoms with Crippen LogP contribution in [0.1, 0.15) is 44.2 Å². The monoisotopic (exact) mass is 314 g/mol. The Kier molecular flexibility index (Phi) is 4.32. The Balaban J connectivity index is 1.80. The van der Waals surface area contributed by atoms with Crippen molar-refractivity contribution >= 4 is 6.03 Å². The molecular formula is C17H22N4O2. The van der Waals surface area contributed by atoms with E-state index >= 15 is 0 Å². The maximum Gasteiger partial charge on any atom is 0.318 e. The summed E-state index contributed by atoms with van der Waals surface area (Å²) in [6, 6.07) is 7.87. The summed E-state index contributed by atoms with van der Waals surface area (Å²) < 4.78 is 5.45. The highest BCUT2D eigenvalue weighted by molar-refractivity contribution is 5.75. The predicted octanol–water partition coefficient (Wildman–Crippen LogP) is 3.30. The van der Waals surface area contributed by atoms with Crippen LogP contribution in [0.15, 0.2) is 28.8 Å². The molecule has 2 heterocycles. The van der Waals surface area contributed by atoms with E-state index in [1.54, 1.807) is 4.90 Å². The first-order valence-corrected chi connectivity index (χ1v) is 8.02. The number of nitrogens with zero attached hydrogens (tertiary/aromatic N) is 3. The second kappa shape index (κ2) is 6.40. The average Bonchev–Trinajstić information content (AvgIpc) is 3.15. The molecule has 2 aromatic rings. The fourth-order valence-corrected chi connectivity index (χ4v) is 2.87. The Morgan fingerprint density at radius 3 is 3.00 bits per heavy atom. The number of aromatic nitrogens is 2. The molecule has 3 rings (SSSR count). The Morgan fingerprint density at radius 2 is 2.26 bits per heavy atom. The number of benzene rings is 1. The molecule has 0 saturated carbocycles. The van der Waals surface area contributed by atoms with Crippen LogP contribution in [0.5, 0.6) is 0 Å². The van der Waals surface area contributed by atoms with Crippen LogP contribution in [0, 0.1) is 6.92 Å². The standard InChI is InChI=1S/C17H22N4O2/c1-11(2)18-17(22)21-9-5-8-14(21)16-19-15(20-23-16)13-7-4-6-12(3)10-13/h4,6-7,10-11,14H,5,8-9H2,1-3H3,(H,18,22)/t14-/m1/s1. The summed E-state index contributed by atoms with van der Waals surface area (Å²) in [7, 11) is 0. The summed E-state index contributed by atoms with van der Waals surface area (Å²) in [5.74, 6) is 1.08. The molecule has 2 amide bonds. The fraction of sp³-hybridized carbons (Fsp3) is 0.471. The topological polar surface area (TPSA) is 71.3 Å². The highest BCUT2D eigenvalue weighted by Gasteiger charge is 2.34. The number of carbonyl (C=O) groups excluding carboxylic acids is 1. The molecular weight excluding hydrogens is 292 g/mol. The molecule has 0 spiro atoms. The molecule has 0 unspecified atom stereocenters. The second-order valence-corrected chi connectivity index (χ2v) is 6.28. The van der Waals surface area contributed by atoms with Gasteiger partial charge in [-0.05, 0) is 39.7 Å². The molecule has 122 valence electrons. The first-order chi connectivity index (χ1) is 11.0. The third-order valence-corrected chi connectivity index (χ3v) is 3.93. The Hall–Kier alpha value is -2.37. The molecule has 1 saturated heterocycles. The molecule has 0 aliphatic carbocycles. The first kappa shape index (κ1) is 15.5. The van der Waals surface area contributed by atoms with Crippen LogP contribution in [-0.4, -0.2) is 33.7 Å². The quantitative estimate of drug-likeness (QED) is 0.943. The molecule has 23 heavy (non-hydrogen) atoms. The molecule has 1 aliphatic rings. The van der Waals surface area contributed by atoms with E-state index in [1.807, 2.05) is 45.0 Å². The van der Waals surface area contributed by atoms with Crippen LogP contribution in [0.4, 0.5) is 4.79 Å². The minimum atomic E-state index is -0.139. The summed E-state index contributed by atoms with van der Waals surface area (Å²) in [4.78, 5) is 18.6. The van der Waals surface area contributed by atoms with Gasteiger partial charge in [0.05, 0.1) is 0 Å².